The summed E-state index contributed by atoms with van der Waals surface area (Å²) in [5.74, 6) is 0.992. The molecule has 5 atom stereocenters. The van der Waals surface area contributed by atoms with E-state index in [-0.39, 0.29) is 29.3 Å². The van der Waals surface area contributed by atoms with Crippen LogP contribution in [0.2, 0.25) is 0 Å². The second kappa shape index (κ2) is 12.2. The number of aliphatic hydroxyl groups excluding tert-OH is 4. The molecule has 0 amide bonds. The van der Waals surface area contributed by atoms with Gasteiger partial charge in [-0.1, -0.05) is 12.1 Å². The predicted molar refractivity (Wildman–Crippen MR) is 124 cm³/mol. The summed E-state index contributed by atoms with van der Waals surface area (Å²) in [6, 6.07) is 10.4. The van der Waals surface area contributed by atoms with E-state index in [1.807, 2.05) is 24.3 Å². The molecule has 1 fully saturated rings. The Morgan fingerprint density at radius 1 is 0.943 bits per heavy atom. The summed E-state index contributed by atoms with van der Waals surface area (Å²) in [6.07, 6.45) is -6.87. The van der Waals surface area contributed by atoms with Gasteiger partial charge in [0.1, 0.15) is 53.0 Å². The SMILES string of the molecule is CCOc1cc(OC)c(C(=O)CCc2ccc(OC)cc2)c(O[C@@H]2O[C@H](CO)[C@@H](O)[C@H](O)[C@H]2O)c1. The van der Waals surface area contributed by atoms with Gasteiger partial charge in [-0.05, 0) is 31.0 Å². The molecule has 0 unspecified atom stereocenters. The van der Waals surface area contributed by atoms with E-state index >= 15 is 0 Å². The Hall–Kier alpha value is -2.89. The molecule has 0 radical (unpaired) electrons. The minimum absolute atomic E-state index is 0.0110. The maximum absolute atomic E-state index is 13.3. The molecular weight excluding hydrogens is 460 g/mol. The molecule has 4 N–H and O–H groups in total. The largest absolute Gasteiger partial charge is 0.497 e. The maximum Gasteiger partial charge on any atom is 0.229 e. The Labute approximate surface area is 203 Å². The number of rotatable bonds is 11. The Morgan fingerprint density at radius 3 is 2.23 bits per heavy atom. The molecule has 1 aliphatic heterocycles. The number of carbonyl (C=O) groups excluding carboxylic acids is 1. The highest BCUT2D eigenvalue weighted by Gasteiger charge is 2.45. The monoisotopic (exact) mass is 492 g/mol. The molecule has 1 heterocycles. The second-order valence-electron chi connectivity index (χ2n) is 8.02. The van der Waals surface area contributed by atoms with E-state index in [0.29, 0.717) is 24.5 Å². The third-order valence-corrected chi connectivity index (χ3v) is 5.74. The van der Waals surface area contributed by atoms with Crippen molar-refractivity contribution in [2.24, 2.45) is 0 Å². The van der Waals surface area contributed by atoms with Crippen LogP contribution in [0, 0.1) is 0 Å². The molecule has 1 saturated heterocycles. The zero-order valence-electron chi connectivity index (χ0n) is 19.9. The highest BCUT2D eigenvalue weighted by molar-refractivity contribution is 6.01. The molecule has 0 aromatic heterocycles. The standard InChI is InChI=1S/C25H32O10/c1-4-33-16-11-18(32-3)21(17(27)10-7-14-5-8-15(31-2)9-6-14)19(12-16)34-25-24(30)23(29)22(28)20(13-26)35-25/h5-6,8-9,11-12,20,22-26,28-30H,4,7,10,13H2,1-3H3/t20-,22-,23+,24-,25-/m1/s1. The summed E-state index contributed by atoms with van der Waals surface area (Å²) in [6.45, 7) is 1.52. The van der Waals surface area contributed by atoms with Gasteiger partial charge >= 0.3 is 0 Å². The van der Waals surface area contributed by atoms with Crippen LogP contribution in [0.3, 0.4) is 0 Å². The molecular formula is C25H32O10. The molecule has 35 heavy (non-hydrogen) atoms. The fraction of sp³-hybridized carbons (Fsp3) is 0.480. The zero-order valence-corrected chi connectivity index (χ0v) is 19.9. The molecule has 192 valence electrons. The highest BCUT2D eigenvalue weighted by Crippen LogP contribution is 2.37. The number of hydrogen-bond donors (Lipinski definition) is 4. The number of ketones is 1. The van der Waals surface area contributed by atoms with Crippen LogP contribution >= 0.6 is 0 Å². The topological polar surface area (TPSA) is 144 Å². The van der Waals surface area contributed by atoms with Gasteiger partial charge in [0, 0.05) is 18.6 Å². The number of Topliss-reactive ketones (excluding diaryl/α,β-unsaturated/α-hetero) is 1. The van der Waals surface area contributed by atoms with Crippen molar-refractivity contribution in [3.05, 3.63) is 47.5 Å². The fourth-order valence-corrected chi connectivity index (χ4v) is 3.81. The lowest BCUT2D eigenvalue weighted by Gasteiger charge is -2.39. The Balaban J connectivity index is 1.90. The second-order valence-corrected chi connectivity index (χ2v) is 8.02. The Bertz CT molecular complexity index is 975. The number of aliphatic hydroxyl groups is 4. The van der Waals surface area contributed by atoms with Crippen LogP contribution in [-0.4, -0.2) is 84.3 Å². The summed E-state index contributed by atoms with van der Waals surface area (Å²) >= 11 is 0. The summed E-state index contributed by atoms with van der Waals surface area (Å²) in [5, 5.41) is 40.0. The number of benzene rings is 2. The first-order valence-electron chi connectivity index (χ1n) is 11.3. The first-order valence-corrected chi connectivity index (χ1v) is 11.3. The van der Waals surface area contributed by atoms with Crippen LogP contribution in [0.1, 0.15) is 29.3 Å². The van der Waals surface area contributed by atoms with Gasteiger partial charge in [-0.2, -0.15) is 0 Å². The number of methoxy groups -OCH3 is 2. The third-order valence-electron chi connectivity index (χ3n) is 5.74. The lowest BCUT2D eigenvalue weighted by atomic mass is 9.99. The smallest absolute Gasteiger partial charge is 0.229 e. The maximum atomic E-state index is 13.3. The van der Waals surface area contributed by atoms with E-state index in [1.54, 1.807) is 20.1 Å². The van der Waals surface area contributed by atoms with E-state index in [1.165, 1.54) is 13.2 Å². The van der Waals surface area contributed by atoms with E-state index in [9.17, 15) is 25.2 Å². The molecule has 0 spiro atoms. The number of ether oxygens (including phenoxy) is 5. The molecule has 3 rings (SSSR count). The number of hydrogen-bond acceptors (Lipinski definition) is 10. The molecule has 10 nitrogen and oxygen atoms in total. The molecule has 0 aliphatic carbocycles. The average Bonchev–Trinajstić information content (AvgIpc) is 2.87. The molecule has 0 bridgehead atoms. The predicted octanol–water partition coefficient (Wildman–Crippen LogP) is 1.10. The van der Waals surface area contributed by atoms with Gasteiger partial charge in [-0.25, -0.2) is 0 Å². The zero-order chi connectivity index (χ0) is 25.5. The van der Waals surface area contributed by atoms with E-state index in [0.717, 1.165) is 5.56 Å². The summed E-state index contributed by atoms with van der Waals surface area (Å²) in [7, 11) is 2.98. The van der Waals surface area contributed by atoms with Crippen molar-refractivity contribution in [3.63, 3.8) is 0 Å². The Kier molecular flexibility index (Phi) is 9.30. The van der Waals surface area contributed by atoms with Crippen molar-refractivity contribution in [2.75, 3.05) is 27.4 Å². The third kappa shape index (κ3) is 6.22. The molecule has 2 aromatic rings. The van der Waals surface area contributed by atoms with Crippen molar-refractivity contribution in [1.29, 1.82) is 0 Å². The van der Waals surface area contributed by atoms with Crippen LogP contribution in [-0.2, 0) is 11.2 Å². The lowest BCUT2D eigenvalue weighted by molar-refractivity contribution is -0.277. The number of aryl methyl sites for hydroxylation is 1. The van der Waals surface area contributed by atoms with Gasteiger partial charge in [0.2, 0.25) is 6.29 Å². The van der Waals surface area contributed by atoms with Crippen LogP contribution in [0.5, 0.6) is 23.0 Å². The van der Waals surface area contributed by atoms with Crippen LogP contribution in [0.4, 0.5) is 0 Å². The fourth-order valence-electron chi connectivity index (χ4n) is 3.81. The summed E-state index contributed by atoms with van der Waals surface area (Å²) < 4.78 is 27.4. The van der Waals surface area contributed by atoms with Gasteiger partial charge < -0.3 is 44.1 Å². The molecule has 1 aliphatic rings. The van der Waals surface area contributed by atoms with E-state index < -0.39 is 37.3 Å². The van der Waals surface area contributed by atoms with Crippen LogP contribution in [0.15, 0.2) is 36.4 Å². The van der Waals surface area contributed by atoms with E-state index in [2.05, 4.69) is 0 Å². The summed E-state index contributed by atoms with van der Waals surface area (Å²) in [5.41, 5.74) is 1.04. The Morgan fingerprint density at radius 2 is 1.63 bits per heavy atom. The van der Waals surface area contributed by atoms with Crippen molar-refractivity contribution in [1.82, 2.24) is 0 Å². The van der Waals surface area contributed by atoms with Crippen LogP contribution in [0.25, 0.3) is 0 Å². The van der Waals surface area contributed by atoms with Gasteiger partial charge in [-0.3, -0.25) is 4.79 Å². The van der Waals surface area contributed by atoms with E-state index in [4.69, 9.17) is 23.7 Å². The van der Waals surface area contributed by atoms with Crippen LogP contribution < -0.4 is 18.9 Å². The average molecular weight is 493 g/mol. The first kappa shape index (κ1) is 26.7. The minimum atomic E-state index is -1.64. The minimum Gasteiger partial charge on any atom is -0.497 e. The van der Waals surface area contributed by atoms with Gasteiger partial charge in [0.15, 0.2) is 5.78 Å². The van der Waals surface area contributed by atoms with Crippen molar-refractivity contribution >= 4 is 5.78 Å². The summed E-state index contributed by atoms with van der Waals surface area (Å²) in [4.78, 5) is 13.3. The molecule has 10 heteroatoms. The molecule has 0 saturated carbocycles. The normalized spacial score (nSPS) is 24.0. The van der Waals surface area contributed by atoms with Crippen molar-refractivity contribution in [2.45, 2.75) is 50.5 Å². The van der Waals surface area contributed by atoms with Crippen molar-refractivity contribution in [3.8, 4) is 23.0 Å². The van der Waals surface area contributed by atoms with Gasteiger partial charge in [0.05, 0.1) is 27.4 Å². The van der Waals surface area contributed by atoms with Gasteiger partial charge in [0.25, 0.3) is 0 Å². The quantitative estimate of drug-likeness (QED) is 0.337. The number of carbonyl (C=O) groups is 1. The molecule has 2 aromatic carbocycles. The lowest BCUT2D eigenvalue weighted by Crippen LogP contribution is -2.60. The first-order chi connectivity index (χ1) is 16.8. The van der Waals surface area contributed by atoms with Crippen molar-refractivity contribution < 1.29 is 48.9 Å². The van der Waals surface area contributed by atoms with Gasteiger partial charge in [-0.15, -0.1) is 0 Å². The highest BCUT2D eigenvalue weighted by atomic mass is 16.7.